The SMILES string of the molecule is CCN(CC(=O)OC)C(=O)N1CCN(CCC(=O)O)CC1. The third-order valence-corrected chi connectivity index (χ3v) is 3.48. The minimum absolute atomic E-state index is 0.0505. The van der Waals surface area contributed by atoms with Crippen molar-refractivity contribution < 1.29 is 24.2 Å². The Hall–Kier alpha value is -1.83. The Balaban J connectivity index is 2.42. The molecule has 0 bridgehead atoms. The molecule has 21 heavy (non-hydrogen) atoms. The van der Waals surface area contributed by atoms with Crippen molar-refractivity contribution in [3.8, 4) is 0 Å². The van der Waals surface area contributed by atoms with Gasteiger partial charge in [0.05, 0.1) is 13.5 Å². The first-order chi connectivity index (χ1) is 9.97. The monoisotopic (exact) mass is 301 g/mol. The summed E-state index contributed by atoms with van der Waals surface area (Å²) in [6.07, 6.45) is 0.109. The number of rotatable bonds is 6. The number of carboxylic acids is 1. The normalized spacial score (nSPS) is 15.6. The number of hydrogen-bond donors (Lipinski definition) is 1. The van der Waals surface area contributed by atoms with E-state index in [0.717, 1.165) is 0 Å². The summed E-state index contributed by atoms with van der Waals surface area (Å²) in [7, 11) is 1.29. The van der Waals surface area contributed by atoms with E-state index in [1.165, 1.54) is 12.0 Å². The molecule has 1 N–H and O–H groups in total. The first kappa shape index (κ1) is 17.2. The molecule has 0 aromatic carbocycles. The molecular formula is C13H23N3O5. The molecule has 0 aromatic rings. The van der Waals surface area contributed by atoms with Gasteiger partial charge in [0.15, 0.2) is 0 Å². The number of hydrogen-bond acceptors (Lipinski definition) is 5. The van der Waals surface area contributed by atoms with Crippen LogP contribution < -0.4 is 0 Å². The van der Waals surface area contributed by atoms with E-state index in [1.807, 2.05) is 11.8 Å². The van der Waals surface area contributed by atoms with Crippen LogP contribution in [0, 0.1) is 0 Å². The molecule has 0 radical (unpaired) electrons. The molecule has 120 valence electrons. The summed E-state index contributed by atoms with van der Waals surface area (Å²) in [6, 6.07) is -0.180. The lowest BCUT2D eigenvalue weighted by Gasteiger charge is -2.36. The smallest absolute Gasteiger partial charge is 0.325 e. The number of esters is 1. The van der Waals surface area contributed by atoms with Crippen LogP contribution in [0.4, 0.5) is 4.79 Å². The first-order valence-electron chi connectivity index (χ1n) is 7.02. The van der Waals surface area contributed by atoms with Crippen LogP contribution in [0.2, 0.25) is 0 Å². The first-order valence-corrected chi connectivity index (χ1v) is 7.02. The van der Waals surface area contributed by atoms with Gasteiger partial charge in [-0.05, 0) is 6.92 Å². The Morgan fingerprint density at radius 1 is 1.19 bits per heavy atom. The maximum Gasteiger partial charge on any atom is 0.325 e. The van der Waals surface area contributed by atoms with E-state index in [-0.39, 0.29) is 19.0 Å². The molecule has 1 rings (SSSR count). The van der Waals surface area contributed by atoms with Crippen LogP contribution in [0.25, 0.3) is 0 Å². The van der Waals surface area contributed by atoms with Crippen molar-refractivity contribution in [1.82, 2.24) is 14.7 Å². The molecule has 0 aromatic heterocycles. The Bertz CT molecular complexity index is 380. The Labute approximate surface area is 124 Å². The van der Waals surface area contributed by atoms with Gasteiger partial charge in [-0.1, -0.05) is 0 Å². The van der Waals surface area contributed by atoms with Gasteiger partial charge in [0.1, 0.15) is 6.54 Å². The molecular weight excluding hydrogens is 278 g/mol. The summed E-state index contributed by atoms with van der Waals surface area (Å²) in [6.45, 7) is 5.06. The second kappa shape index (κ2) is 8.46. The minimum atomic E-state index is -0.816. The van der Waals surface area contributed by atoms with Gasteiger partial charge in [-0.3, -0.25) is 14.5 Å². The molecule has 2 amide bonds. The molecule has 8 nitrogen and oxygen atoms in total. The maximum absolute atomic E-state index is 12.3. The highest BCUT2D eigenvalue weighted by atomic mass is 16.5. The van der Waals surface area contributed by atoms with Crippen molar-refractivity contribution in [3.05, 3.63) is 0 Å². The van der Waals surface area contributed by atoms with Gasteiger partial charge >= 0.3 is 18.0 Å². The number of piperazine rings is 1. The molecule has 0 unspecified atom stereocenters. The highest BCUT2D eigenvalue weighted by molar-refractivity contribution is 5.81. The van der Waals surface area contributed by atoms with Crippen LogP contribution in [0.5, 0.6) is 0 Å². The lowest BCUT2D eigenvalue weighted by Crippen LogP contribution is -2.53. The molecule has 0 saturated carbocycles. The van der Waals surface area contributed by atoms with E-state index in [2.05, 4.69) is 4.74 Å². The molecule has 8 heteroatoms. The number of methoxy groups -OCH3 is 1. The number of nitrogens with zero attached hydrogens (tertiary/aromatic N) is 3. The molecule has 1 saturated heterocycles. The van der Waals surface area contributed by atoms with Gasteiger partial charge in [-0.25, -0.2) is 4.79 Å². The predicted octanol–water partition coefficient (Wildman–Crippen LogP) is -0.306. The van der Waals surface area contributed by atoms with Gasteiger partial charge in [0, 0.05) is 39.3 Å². The van der Waals surface area contributed by atoms with Crippen LogP contribution in [-0.4, -0.2) is 90.7 Å². The lowest BCUT2D eigenvalue weighted by atomic mass is 10.3. The summed E-state index contributed by atoms with van der Waals surface area (Å²) in [5.41, 5.74) is 0. The van der Waals surface area contributed by atoms with Crippen LogP contribution in [-0.2, 0) is 14.3 Å². The second-order valence-electron chi connectivity index (χ2n) is 4.85. The largest absolute Gasteiger partial charge is 0.481 e. The second-order valence-corrected chi connectivity index (χ2v) is 4.85. The van der Waals surface area contributed by atoms with E-state index >= 15 is 0 Å². The predicted molar refractivity (Wildman–Crippen MR) is 74.9 cm³/mol. The summed E-state index contributed by atoms with van der Waals surface area (Å²) < 4.78 is 4.58. The lowest BCUT2D eigenvalue weighted by molar-refractivity contribution is -0.141. The molecule has 0 atom stereocenters. The zero-order valence-corrected chi connectivity index (χ0v) is 12.6. The number of aliphatic carboxylic acids is 1. The maximum atomic E-state index is 12.3. The van der Waals surface area contributed by atoms with Crippen LogP contribution in [0.3, 0.4) is 0 Å². The zero-order valence-electron chi connectivity index (χ0n) is 12.6. The number of carbonyl (C=O) groups excluding carboxylic acids is 2. The fraction of sp³-hybridized carbons (Fsp3) is 0.769. The fourth-order valence-electron chi connectivity index (χ4n) is 2.15. The van der Waals surface area contributed by atoms with Crippen molar-refractivity contribution in [3.63, 3.8) is 0 Å². The molecule has 1 heterocycles. The quantitative estimate of drug-likeness (QED) is 0.677. The third-order valence-electron chi connectivity index (χ3n) is 3.48. The van der Waals surface area contributed by atoms with Crippen LogP contribution in [0.1, 0.15) is 13.3 Å². The number of ether oxygens (including phenoxy) is 1. The third kappa shape index (κ3) is 5.58. The summed E-state index contributed by atoms with van der Waals surface area (Å²) in [5.74, 6) is -1.26. The van der Waals surface area contributed by atoms with Gasteiger partial charge in [0.2, 0.25) is 0 Å². The number of carbonyl (C=O) groups is 3. The van der Waals surface area contributed by atoms with E-state index in [9.17, 15) is 14.4 Å². The van der Waals surface area contributed by atoms with Crippen molar-refractivity contribution in [2.75, 3.05) is 52.9 Å². The van der Waals surface area contributed by atoms with Crippen molar-refractivity contribution in [2.24, 2.45) is 0 Å². The van der Waals surface area contributed by atoms with E-state index in [4.69, 9.17) is 5.11 Å². The van der Waals surface area contributed by atoms with Crippen molar-refractivity contribution >= 4 is 18.0 Å². The standard InChI is InChI=1S/C13H23N3O5/c1-3-15(10-12(19)21-2)13(20)16-8-6-14(7-9-16)5-4-11(17)18/h3-10H2,1-2H3,(H,17,18). The topological polar surface area (TPSA) is 90.4 Å². The van der Waals surface area contributed by atoms with Crippen LogP contribution >= 0.6 is 0 Å². The minimum Gasteiger partial charge on any atom is -0.481 e. The Morgan fingerprint density at radius 2 is 1.81 bits per heavy atom. The number of urea groups is 1. The fourth-order valence-corrected chi connectivity index (χ4v) is 2.15. The van der Waals surface area contributed by atoms with Gasteiger partial charge in [-0.15, -0.1) is 0 Å². The highest BCUT2D eigenvalue weighted by Crippen LogP contribution is 2.06. The van der Waals surface area contributed by atoms with E-state index < -0.39 is 11.9 Å². The zero-order chi connectivity index (χ0) is 15.8. The Kier molecular flexibility index (Phi) is 6.93. The van der Waals surface area contributed by atoms with E-state index in [1.54, 1.807) is 4.90 Å². The number of amides is 2. The summed E-state index contributed by atoms with van der Waals surface area (Å²) >= 11 is 0. The van der Waals surface area contributed by atoms with Crippen molar-refractivity contribution in [2.45, 2.75) is 13.3 Å². The summed E-state index contributed by atoms with van der Waals surface area (Å²) in [4.78, 5) is 39.2. The number of carboxylic acid groups (broad SMARTS) is 1. The molecule has 0 spiro atoms. The molecule has 0 aliphatic carbocycles. The van der Waals surface area contributed by atoms with Gasteiger partial charge in [0.25, 0.3) is 0 Å². The average Bonchev–Trinajstić information content (AvgIpc) is 2.50. The Morgan fingerprint density at radius 3 is 2.29 bits per heavy atom. The van der Waals surface area contributed by atoms with Crippen molar-refractivity contribution in [1.29, 1.82) is 0 Å². The average molecular weight is 301 g/mol. The van der Waals surface area contributed by atoms with Crippen LogP contribution in [0.15, 0.2) is 0 Å². The molecule has 1 aliphatic rings. The molecule has 1 fully saturated rings. The molecule has 1 aliphatic heterocycles. The summed E-state index contributed by atoms with van der Waals surface area (Å²) in [5, 5.41) is 8.65. The van der Waals surface area contributed by atoms with E-state index in [0.29, 0.717) is 39.3 Å². The van der Waals surface area contributed by atoms with Gasteiger partial charge < -0.3 is 19.6 Å². The highest BCUT2D eigenvalue weighted by Gasteiger charge is 2.25. The van der Waals surface area contributed by atoms with Gasteiger partial charge in [-0.2, -0.15) is 0 Å². The number of likely N-dealkylation sites (N-methyl/N-ethyl adjacent to an activating group) is 1.